The molecule has 2 aromatic carbocycles. The van der Waals surface area contributed by atoms with Gasteiger partial charge in [0.05, 0.1) is 12.1 Å². The summed E-state index contributed by atoms with van der Waals surface area (Å²) in [4.78, 5) is 29.4. The van der Waals surface area contributed by atoms with Gasteiger partial charge in [-0.2, -0.15) is 0 Å². The first kappa shape index (κ1) is 22.3. The van der Waals surface area contributed by atoms with Gasteiger partial charge in [-0.05, 0) is 79.1 Å². The van der Waals surface area contributed by atoms with Crippen LogP contribution in [0.5, 0.6) is 0 Å². The van der Waals surface area contributed by atoms with E-state index in [1.165, 1.54) is 16.7 Å². The standard InChI is InChI=1S/C25H27ClN2O2.ClH/c26-22-7-3-5-18-16-27(12-9-21(18)22)10-2-1-8-23(29)19-13-17-6-4-11-28-24(30)15-20(14-19)25(17)28;/h3,5,7,13-14H,1-2,4,6,8-12,15-16H2;1H. The third kappa shape index (κ3) is 4.39. The fourth-order valence-electron chi connectivity index (χ4n) is 5.22. The predicted molar refractivity (Wildman–Crippen MR) is 127 cm³/mol. The molecule has 0 radical (unpaired) electrons. The van der Waals surface area contributed by atoms with Crippen molar-refractivity contribution in [2.75, 3.05) is 24.5 Å². The molecule has 0 unspecified atom stereocenters. The van der Waals surface area contributed by atoms with Gasteiger partial charge in [-0.3, -0.25) is 14.5 Å². The van der Waals surface area contributed by atoms with E-state index >= 15 is 0 Å². The van der Waals surface area contributed by atoms with Crippen LogP contribution in [0.4, 0.5) is 5.69 Å². The Kier molecular flexibility index (Phi) is 6.71. The van der Waals surface area contributed by atoms with E-state index < -0.39 is 0 Å². The molecule has 3 aliphatic heterocycles. The van der Waals surface area contributed by atoms with Crippen LogP contribution >= 0.6 is 24.0 Å². The molecule has 0 aromatic heterocycles. The second kappa shape index (κ2) is 9.32. The smallest absolute Gasteiger partial charge is 0.231 e. The van der Waals surface area contributed by atoms with Crippen molar-refractivity contribution in [3.63, 3.8) is 0 Å². The van der Waals surface area contributed by atoms with Crippen molar-refractivity contribution in [3.8, 4) is 0 Å². The molecule has 164 valence electrons. The van der Waals surface area contributed by atoms with Crippen molar-refractivity contribution in [2.45, 2.75) is 51.5 Å². The van der Waals surface area contributed by atoms with Crippen molar-refractivity contribution in [2.24, 2.45) is 0 Å². The Bertz CT molecular complexity index is 1020. The molecule has 2 aromatic rings. The van der Waals surface area contributed by atoms with E-state index in [2.05, 4.69) is 11.0 Å². The number of amides is 1. The van der Waals surface area contributed by atoms with E-state index in [4.69, 9.17) is 11.6 Å². The molecule has 0 saturated carbocycles. The number of hydrogen-bond acceptors (Lipinski definition) is 3. The van der Waals surface area contributed by atoms with Crippen LogP contribution in [-0.2, 0) is 30.6 Å². The Morgan fingerprint density at radius 1 is 1.03 bits per heavy atom. The third-order valence-electron chi connectivity index (χ3n) is 6.75. The van der Waals surface area contributed by atoms with Crippen LogP contribution in [0.15, 0.2) is 30.3 Å². The molecular formula is C25H28Cl2N2O2. The number of hydrogen-bond donors (Lipinski definition) is 0. The minimum absolute atomic E-state index is 0. The van der Waals surface area contributed by atoms with Gasteiger partial charge in [-0.1, -0.05) is 23.7 Å². The summed E-state index contributed by atoms with van der Waals surface area (Å²) in [7, 11) is 0. The number of anilines is 1. The van der Waals surface area contributed by atoms with Gasteiger partial charge in [0.1, 0.15) is 0 Å². The maximum absolute atomic E-state index is 12.8. The zero-order valence-electron chi connectivity index (χ0n) is 17.7. The molecule has 0 fully saturated rings. The number of ketones is 1. The summed E-state index contributed by atoms with van der Waals surface area (Å²) in [6.45, 7) is 3.81. The zero-order chi connectivity index (χ0) is 20.7. The molecule has 0 spiro atoms. The Morgan fingerprint density at radius 3 is 2.74 bits per heavy atom. The highest BCUT2D eigenvalue weighted by molar-refractivity contribution is 6.31. The lowest BCUT2D eigenvalue weighted by molar-refractivity contribution is -0.117. The average molecular weight is 459 g/mol. The summed E-state index contributed by atoms with van der Waals surface area (Å²) in [6.07, 6.45) is 5.90. The van der Waals surface area contributed by atoms with Crippen molar-refractivity contribution in [1.82, 2.24) is 4.90 Å². The van der Waals surface area contributed by atoms with Crippen molar-refractivity contribution < 1.29 is 9.59 Å². The van der Waals surface area contributed by atoms with E-state index in [0.717, 1.165) is 80.1 Å². The van der Waals surface area contributed by atoms with Crippen LogP contribution in [0.1, 0.15) is 58.3 Å². The van der Waals surface area contributed by atoms with Gasteiger partial charge in [-0.25, -0.2) is 0 Å². The number of benzene rings is 2. The molecule has 0 N–H and O–H groups in total. The van der Waals surface area contributed by atoms with Crippen LogP contribution in [0.25, 0.3) is 0 Å². The molecule has 1 amide bonds. The van der Waals surface area contributed by atoms with Gasteiger partial charge < -0.3 is 4.90 Å². The van der Waals surface area contributed by atoms with Crippen LogP contribution in [0.2, 0.25) is 5.02 Å². The molecule has 4 nitrogen and oxygen atoms in total. The highest BCUT2D eigenvalue weighted by Gasteiger charge is 2.32. The lowest BCUT2D eigenvalue weighted by atomic mass is 9.94. The molecule has 0 aliphatic carbocycles. The first-order valence-corrected chi connectivity index (χ1v) is 11.5. The van der Waals surface area contributed by atoms with E-state index in [-0.39, 0.29) is 24.1 Å². The lowest BCUT2D eigenvalue weighted by Gasteiger charge is -2.29. The molecule has 0 atom stereocenters. The van der Waals surface area contributed by atoms with E-state index in [1.54, 1.807) is 0 Å². The van der Waals surface area contributed by atoms with E-state index in [1.807, 2.05) is 29.2 Å². The number of carbonyl (C=O) groups excluding carboxylic acids is 2. The summed E-state index contributed by atoms with van der Waals surface area (Å²) in [5, 5.41) is 0.885. The number of rotatable bonds is 6. The van der Waals surface area contributed by atoms with Gasteiger partial charge in [0.15, 0.2) is 5.78 Å². The molecule has 0 saturated heterocycles. The highest BCUT2D eigenvalue weighted by atomic mass is 35.5. The van der Waals surface area contributed by atoms with E-state index in [0.29, 0.717) is 12.8 Å². The zero-order valence-corrected chi connectivity index (χ0v) is 19.2. The monoisotopic (exact) mass is 458 g/mol. The van der Waals surface area contributed by atoms with E-state index in [9.17, 15) is 9.59 Å². The van der Waals surface area contributed by atoms with Crippen molar-refractivity contribution >= 4 is 41.4 Å². The number of halogens is 2. The van der Waals surface area contributed by atoms with Gasteiger partial charge >= 0.3 is 0 Å². The number of carbonyl (C=O) groups is 2. The van der Waals surface area contributed by atoms with Gasteiger partial charge in [0.2, 0.25) is 5.91 Å². The summed E-state index contributed by atoms with van der Waals surface area (Å²) in [5.74, 6) is 0.390. The molecular weight excluding hydrogens is 431 g/mol. The van der Waals surface area contributed by atoms with Crippen LogP contribution in [0, 0.1) is 0 Å². The number of aryl methyl sites for hydroxylation is 1. The summed E-state index contributed by atoms with van der Waals surface area (Å²) in [5.41, 5.74) is 6.74. The second-order valence-electron chi connectivity index (χ2n) is 8.75. The quantitative estimate of drug-likeness (QED) is 0.451. The summed E-state index contributed by atoms with van der Waals surface area (Å²) < 4.78 is 0. The Balaban J connectivity index is 0.00000231. The Hall–Kier alpha value is -1.88. The van der Waals surface area contributed by atoms with Gasteiger partial charge in [0, 0.05) is 36.6 Å². The lowest BCUT2D eigenvalue weighted by Crippen LogP contribution is -2.31. The number of fused-ring (bicyclic) bond motifs is 1. The topological polar surface area (TPSA) is 40.6 Å². The Morgan fingerprint density at radius 2 is 1.87 bits per heavy atom. The van der Waals surface area contributed by atoms with Crippen molar-refractivity contribution in [1.29, 1.82) is 0 Å². The number of unbranched alkanes of at least 4 members (excludes halogenated alkanes) is 1. The highest BCUT2D eigenvalue weighted by Crippen LogP contribution is 2.37. The number of Topliss-reactive ketones (excluding diaryl/α,β-unsaturated/α-hetero) is 1. The van der Waals surface area contributed by atoms with Gasteiger partial charge in [0.25, 0.3) is 0 Å². The molecule has 0 bridgehead atoms. The minimum Gasteiger partial charge on any atom is -0.312 e. The molecule has 3 heterocycles. The number of nitrogens with zero attached hydrogens (tertiary/aromatic N) is 2. The largest absolute Gasteiger partial charge is 0.312 e. The summed E-state index contributed by atoms with van der Waals surface area (Å²) >= 11 is 6.31. The fourth-order valence-corrected chi connectivity index (χ4v) is 5.51. The minimum atomic E-state index is 0. The molecule has 3 aliphatic rings. The molecule has 5 rings (SSSR count). The van der Waals surface area contributed by atoms with Gasteiger partial charge in [-0.15, -0.1) is 12.4 Å². The first-order valence-electron chi connectivity index (χ1n) is 11.1. The fraction of sp³-hybridized carbons (Fsp3) is 0.440. The van der Waals surface area contributed by atoms with Crippen LogP contribution < -0.4 is 4.90 Å². The first-order chi connectivity index (χ1) is 14.6. The molecule has 31 heavy (non-hydrogen) atoms. The maximum atomic E-state index is 12.8. The van der Waals surface area contributed by atoms with Crippen molar-refractivity contribution in [3.05, 3.63) is 63.2 Å². The summed E-state index contributed by atoms with van der Waals surface area (Å²) in [6, 6.07) is 10.2. The average Bonchev–Trinajstić information content (AvgIpc) is 3.08. The second-order valence-corrected chi connectivity index (χ2v) is 9.16. The molecule has 6 heteroatoms. The SMILES string of the molecule is Cl.O=C(CCCCN1CCc2c(Cl)cccc2C1)c1cc2c3c(c1)CC(=O)N3CCC2. The van der Waals surface area contributed by atoms with Crippen LogP contribution in [-0.4, -0.2) is 36.2 Å². The predicted octanol–water partition coefficient (Wildman–Crippen LogP) is 5.01. The normalized spacial score (nSPS) is 17.2. The Labute approximate surface area is 195 Å². The third-order valence-corrected chi connectivity index (χ3v) is 7.10. The maximum Gasteiger partial charge on any atom is 0.231 e. The van der Waals surface area contributed by atoms with Crippen LogP contribution in [0.3, 0.4) is 0 Å².